The number of amides is 2. The van der Waals surface area contributed by atoms with Gasteiger partial charge in [-0.25, -0.2) is 4.98 Å². The molecule has 2 N–H and O–H groups in total. The van der Waals surface area contributed by atoms with Crippen LogP contribution in [0.4, 0.5) is 5.69 Å². The molecular weight excluding hydrogens is 438 g/mol. The number of benzene rings is 3. The van der Waals surface area contributed by atoms with Crippen molar-refractivity contribution in [3.63, 3.8) is 0 Å². The molecule has 0 atom stereocenters. The number of nitrogens with one attached hydrogen (secondary N) is 2. The molecule has 0 fully saturated rings. The Balaban J connectivity index is 1.31. The molecule has 3 aromatic carbocycles. The van der Waals surface area contributed by atoms with Gasteiger partial charge in [-0.3, -0.25) is 9.59 Å². The van der Waals surface area contributed by atoms with E-state index in [-0.39, 0.29) is 17.6 Å². The third kappa shape index (κ3) is 5.93. The lowest BCUT2D eigenvalue weighted by Crippen LogP contribution is -2.27. The van der Waals surface area contributed by atoms with Crippen LogP contribution in [0.5, 0.6) is 5.75 Å². The van der Waals surface area contributed by atoms with Gasteiger partial charge in [0.05, 0.1) is 24.1 Å². The third-order valence-corrected chi connectivity index (χ3v) is 5.73. The van der Waals surface area contributed by atoms with Crippen molar-refractivity contribution >= 4 is 40.4 Å². The number of hydrogen-bond acceptors (Lipinski definition) is 6. The lowest BCUT2D eigenvalue weighted by Gasteiger charge is -2.11. The van der Waals surface area contributed by atoms with Gasteiger partial charge in [-0.2, -0.15) is 0 Å². The van der Waals surface area contributed by atoms with Crippen molar-refractivity contribution in [2.75, 3.05) is 24.7 Å². The van der Waals surface area contributed by atoms with Gasteiger partial charge < -0.3 is 19.8 Å². The second-order valence-electron chi connectivity index (χ2n) is 7.18. The largest absolute Gasteiger partial charge is 0.497 e. The first kappa shape index (κ1) is 22.4. The SMILES string of the molecule is COc1ccc(CCNC(=O)c2ccccc2NC(=O)CSc2nc3ccccc3o2)cc1. The molecule has 0 unspecified atom stereocenters. The summed E-state index contributed by atoms with van der Waals surface area (Å²) in [5.74, 6) is 0.411. The minimum absolute atomic E-state index is 0.111. The molecule has 4 aromatic rings. The maximum Gasteiger partial charge on any atom is 0.257 e. The van der Waals surface area contributed by atoms with Crippen molar-refractivity contribution in [1.82, 2.24) is 10.3 Å². The van der Waals surface area contributed by atoms with Crippen LogP contribution in [0.15, 0.2) is 82.4 Å². The molecule has 0 radical (unpaired) electrons. The van der Waals surface area contributed by atoms with Crippen molar-refractivity contribution in [3.8, 4) is 5.75 Å². The topological polar surface area (TPSA) is 93.5 Å². The molecule has 33 heavy (non-hydrogen) atoms. The molecule has 2 amide bonds. The maximum atomic E-state index is 12.7. The Morgan fingerprint density at radius 2 is 1.76 bits per heavy atom. The zero-order chi connectivity index (χ0) is 23.0. The normalized spacial score (nSPS) is 10.7. The van der Waals surface area contributed by atoms with Crippen molar-refractivity contribution in [2.45, 2.75) is 11.6 Å². The fourth-order valence-corrected chi connectivity index (χ4v) is 3.86. The van der Waals surface area contributed by atoms with E-state index in [0.717, 1.165) is 16.8 Å². The van der Waals surface area contributed by atoms with Gasteiger partial charge in [0, 0.05) is 6.54 Å². The van der Waals surface area contributed by atoms with Gasteiger partial charge in [-0.1, -0.05) is 48.2 Å². The molecule has 0 aliphatic rings. The number of anilines is 1. The van der Waals surface area contributed by atoms with Crippen LogP contribution in [0.25, 0.3) is 11.1 Å². The smallest absolute Gasteiger partial charge is 0.257 e. The zero-order valence-electron chi connectivity index (χ0n) is 18.0. The highest BCUT2D eigenvalue weighted by molar-refractivity contribution is 7.99. The van der Waals surface area contributed by atoms with Gasteiger partial charge in [-0.15, -0.1) is 0 Å². The average molecular weight is 462 g/mol. The Morgan fingerprint density at radius 1 is 1.00 bits per heavy atom. The number of nitrogens with zero attached hydrogens (tertiary/aromatic N) is 1. The maximum absolute atomic E-state index is 12.7. The molecule has 1 aromatic heterocycles. The highest BCUT2D eigenvalue weighted by Crippen LogP contribution is 2.23. The lowest BCUT2D eigenvalue weighted by molar-refractivity contribution is -0.113. The number of aromatic nitrogens is 1. The van der Waals surface area contributed by atoms with Crippen LogP contribution in [-0.4, -0.2) is 36.2 Å². The molecule has 0 aliphatic heterocycles. The number of hydrogen-bond donors (Lipinski definition) is 2. The number of rotatable bonds is 9. The van der Waals surface area contributed by atoms with Gasteiger partial charge in [0.25, 0.3) is 11.1 Å². The van der Waals surface area contributed by atoms with E-state index in [9.17, 15) is 9.59 Å². The number of oxazole rings is 1. The Kier molecular flexibility index (Phi) is 7.26. The second kappa shape index (κ2) is 10.7. The van der Waals surface area contributed by atoms with Crippen LogP contribution < -0.4 is 15.4 Å². The molecule has 0 saturated heterocycles. The van der Waals surface area contributed by atoms with E-state index in [1.807, 2.05) is 48.5 Å². The Labute approximate surface area is 195 Å². The first-order valence-corrected chi connectivity index (χ1v) is 11.4. The standard InChI is InChI=1S/C25H23N3O4S/c1-31-18-12-10-17(11-13-18)14-15-26-24(30)19-6-2-3-7-20(19)27-23(29)16-33-25-28-21-8-4-5-9-22(21)32-25/h2-13H,14-16H2,1H3,(H,26,30)(H,27,29). The van der Waals surface area contributed by atoms with Crippen LogP contribution >= 0.6 is 11.8 Å². The highest BCUT2D eigenvalue weighted by Gasteiger charge is 2.14. The van der Waals surface area contributed by atoms with E-state index in [0.29, 0.717) is 35.0 Å². The van der Waals surface area contributed by atoms with E-state index in [1.54, 1.807) is 31.4 Å². The van der Waals surface area contributed by atoms with E-state index in [2.05, 4.69) is 15.6 Å². The summed E-state index contributed by atoms with van der Waals surface area (Å²) in [6.45, 7) is 0.473. The van der Waals surface area contributed by atoms with Crippen LogP contribution in [0.2, 0.25) is 0 Å². The zero-order valence-corrected chi connectivity index (χ0v) is 18.9. The van der Waals surface area contributed by atoms with Crippen LogP contribution in [-0.2, 0) is 11.2 Å². The van der Waals surface area contributed by atoms with Gasteiger partial charge in [0.15, 0.2) is 5.58 Å². The van der Waals surface area contributed by atoms with Gasteiger partial charge in [0.1, 0.15) is 11.3 Å². The van der Waals surface area contributed by atoms with Crippen LogP contribution in [0.1, 0.15) is 15.9 Å². The van der Waals surface area contributed by atoms with E-state index in [1.165, 1.54) is 11.8 Å². The minimum atomic E-state index is -0.249. The molecule has 1 heterocycles. The van der Waals surface area contributed by atoms with Crippen LogP contribution in [0.3, 0.4) is 0 Å². The third-order valence-electron chi connectivity index (χ3n) is 4.91. The van der Waals surface area contributed by atoms with Gasteiger partial charge in [-0.05, 0) is 48.4 Å². The molecule has 7 nitrogen and oxygen atoms in total. The molecule has 0 bridgehead atoms. The van der Waals surface area contributed by atoms with Crippen LogP contribution in [0, 0.1) is 0 Å². The Bertz CT molecular complexity index is 1220. The summed E-state index contributed by atoms with van der Waals surface area (Å²) < 4.78 is 10.8. The second-order valence-corrected chi connectivity index (χ2v) is 8.11. The summed E-state index contributed by atoms with van der Waals surface area (Å²) in [4.78, 5) is 29.5. The minimum Gasteiger partial charge on any atom is -0.497 e. The predicted molar refractivity (Wildman–Crippen MR) is 129 cm³/mol. The van der Waals surface area contributed by atoms with E-state index < -0.39 is 0 Å². The van der Waals surface area contributed by atoms with E-state index >= 15 is 0 Å². The molecular formula is C25H23N3O4S. The monoisotopic (exact) mass is 461 g/mol. The summed E-state index contributed by atoms with van der Waals surface area (Å²) >= 11 is 1.20. The molecule has 0 spiro atoms. The summed E-state index contributed by atoms with van der Waals surface area (Å²) in [7, 11) is 1.62. The van der Waals surface area contributed by atoms with Gasteiger partial charge >= 0.3 is 0 Å². The number of thioether (sulfide) groups is 1. The predicted octanol–water partition coefficient (Wildman–Crippen LogP) is 4.54. The summed E-state index contributed by atoms with van der Waals surface area (Å²) in [5.41, 5.74) is 3.39. The number of fused-ring (bicyclic) bond motifs is 1. The fourth-order valence-electron chi connectivity index (χ4n) is 3.22. The number of methoxy groups -OCH3 is 1. The molecule has 0 saturated carbocycles. The molecule has 168 valence electrons. The van der Waals surface area contributed by atoms with Crippen molar-refractivity contribution in [1.29, 1.82) is 0 Å². The molecule has 4 rings (SSSR count). The highest BCUT2D eigenvalue weighted by atomic mass is 32.2. The summed E-state index contributed by atoms with van der Waals surface area (Å²) in [5, 5.41) is 6.15. The quantitative estimate of drug-likeness (QED) is 0.356. The number of ether oxygens (including phenoxy) is 1. The van der Waals surface area contributed by atoms with Crippen molar-refractivity contribution in [3.05, 3.63) is 83.9 Å². The molecule has 8 heteroatoms. The van der Waals surface area contributed by atoms with E-state index in [4.69, 9.17) is 9.15 Å². The van der Waals surface area contributed by atoms with Crippen molar-refractivity contribution < 1.29 is 18.7 Å². The lowest BCUT2D eigenvalue weighted by atomic mass is 10.1. The fraction of sp³-hybridized carbons (Fsp3) is 0.160. The Hall–Kier alpha value is -3.78. The number of carbonyl (C=O) groups is 2. The first-order valence-electron chi connectivity index (χ1n) is 10.4. The number of carbonyl (C=O) groups excluding carboxylic acids is 2. The summed E-state index contributed by atoms with van der Waals surface area (Å²) in [6, 6.07) is 22.1. The molecule has 0 aliphatic carbocycles. The van der Waals surface area contributed by atoms with Gasteiger partial charge in [0.2, 0.25) is 5.91 Å². The first-order chi connectivity index (χ1) is 16.1. The Morgan fingerprint density at radius 3 is 2.55 bits per heavy atom. The summed E-state index contributed by atoms with van der Waals surface area (Å²) in [6.07, 6.45) is 0.686. The van der Waals surface area contributed by atoms with Crippen molar-refractivity contribution in [2.24, 2.45) is 0 Å². The average Bonchev–Trinajstić information content (AvgIpc) is 3.26. The number of para-hydroxylation sites is 3.